The maximum atomic E-state index is 13.8. The Kier molecular flexibility index (Phi) is 7.37. The molecule has 3 aliphatic rings. The number of allylic oxidation sites excluding steroid dienone is 3. The van der Waals surface area contributed by atoms with Crippen molar-refractivity contribution in [2.75, 3.05) is 20.1 Å². The van der Waals surface area contributed by atoms with Gasteiger partial charge in [0.25, 0.3) is 0 Å². The Morgan fingerprint density at radius 2 is 1.68 bits per heavy atom. The molecule has 0 bridgehead atoms. The normalized spacial score (nSPS) is 22.1. The number of fused-ring (bicyclic) bond motifs is 1. The molecule has 2 atom stereocenters. The van der Waals surface area contributed by atoms with Gasteiger partial charge in [-0.25, -0.2) is 14.8 Å². The van der Waals surface area contributed by atoms with Crippen molar-refractivity contribution in [1.29, 1.82) is 0 Å². The molecule has 192 valence electrons. The van der Waals surface area contributed by atoms with Gasteiger partial charge < -0.3 is 15.1 Å². The predicted molar refractivity (Wildman–Crippen MR) is 141 cm³/mol. The molecule has 8 nitrogen and oxygen atoms in total. The van der Waals surface area contributed by atoms with Gasteiger partial charge in [-0.15, -0.1) is 0 Å². The van der Waals surface area contributed by atoms with E-state index < -0.39 is 12.2 Å². The Bertz CT molecular complexity index is 1200. The van der Waals surface area contributed by atoms with Crippen molar-refractivity contribution in [1.82, 2.24) is 25.1 Å². The number of hydrogen-bond donors (Lipinski definition) is 1. The standard InChI is InChI=1S/C29H33N5O3/c1-31-21-27(35)33-25(17-22-11-5-2-6-12-22)28(36)32(19-24-15-9-4-10-16-24)20-26(33)34(31)29(37)30-18-23-13-7-3-8-14-23/h3-5,7-16,25-26H,2,6,17-21H2,1H3,(H,30,37)/t25-,26-/m0/s1. The average Bonchev–Trinajstić information content (AvgIpc) is 2.91. The Labute approximate surface area is 217 Å². The van der Waals surface area contributed by atoms with Gasteiger partial charge in [-0.3, -0.25) is 9.59 Å². The van der Waals surface area contributed by atoms with Crippen LogP contribution in [0.1, 0.15) is 30.4 Å². The molecule has 0 aromatic heterocycles. The lowest BCUT2D eigenvalue weighted by Crippen LogP contribution is -2.75. The van der Waals surface area contributed by atoms with Gasteiger partial charge in [0.1, 0.15) is 12.2 Å². The summed E-state index contributed by atoms with van der Waals surface area (Å²) in [5.74, 6) is -0.222. The highest BCUT2D eigenvalue weighted by Gasteiger charge is 2.50. The molecule has 4 amide bonds. The molecule has 0 unspecified atom stereocenters. The Hall–Kier alpha value is -3.91. The Morgan fingerprint density at radius 3 is 2.35 bits per heavy atom. The summed E-state index contributed by atoms with van der Waals surface area (Å²) in [5.41, 5.74) is 3.05. The van der Waals surface area contributed by atoms with Crippen molar-refractivity contribution in [3.8, 4) is 0 Å². The first-order valence-electron chi connectivity index (χ1n) is 12.8. The van der Waals surface area contributed by atoms with Crippen molar-refractivity contribution in [2.45, 2.75) is 44.6 Å². The number of urea groups is 1. The van der Waals surface area contributed by atoms with Crippen molar-refractivity contribution in [2.24, 2.45) is 0 Å². The van der Waals surface area contributed by atoms with Gasteiger partial charge in [0.15, 0.2) is 0 Å². The highest BCUT2D eigenvalue weighted by Crippen LogP contribution is 2.30. The van der Waals surface area contributed by atoms with Crippen LogP contribution in [0.2, 0.25) is 0 Å². The summed E-state index contributed by atoms with van der Waals surface area (Å²) >= 11 is 0. The number of benzene rings is 2. The smallest absolute Gasteiger partial charge is 0.333 e. The molecule has 2 aromatic rings. The number of carbonyl (C=O) groups excluding carboxylic acids is 3. The van der Waals surface area contributed by atoms with Crippen LogP contribution in [0.4, 0.5) is 4.79 Å². The third kappa shape index (κ3) is 5.44. The first kappa shape index (κ1) is 24.8. The van der Waals surface area contributed by atoms with E-state index in [1.54, 1.807) is 26.9 Å². The molecule has 5 rings (SSSR count). The minimum absolute atomic E-state index is 0.0343. The summed E-state index contributed by atoms with van der Waals surface area (Å²) in [6.07, 6.45) is 8.04. The number of nitrogens with zero attached hydrogens (tertiary/aromatic N) is 4. The molecular weight excluding hydrogens is 466 g/mol. The molecule has 2 aliphatic heterocycles. The number of piperazine rings is 1. The summed E-state index contributed by atoms with van der Waals surface area (Å²) in [4.78, 5) is 44.1. The Morgan fingerprint density at radius 1 is 0.973 bits per heavy atom. The van der Waals surface area contributed by atoms with E-state index in [0.717, 1.165) is 29.5 Å². The van der Waals surface area contributed by atoms with Crippen molar-refractivity contribution in [3.05, 3.63) is 95.6 Å². The lowest BCUT2D eigenvalue weighted by Gasteiger charge is -2.54. The van der Waals surface area contributed by atoms with Crippen LogP contribution in [0.3, 0.4) is 0 Å². The monoisotopic (exact) mass is 499 g/mol. The van der Waals surface area contributed by atoms with Gasteiger partial charge in [0.2, 0.25) is 11.8 Å². The SMILES string of the molecule is CN1CC(=O)N2[C@@H](CC3=CCCC=C3)C(=O)N(Cc3ccccc3)C[C@@H]2N1C(=O)NCc1ccccc1. The molecule has 0 radical (unpaired) electrons. The van der Waals surface area contributed by atoms with Gasteiger partial charge in [-0.1, -0.05) is 78.9 Å². The molecule has 0 saturated carbocycles. The van der Waals surface area contributed by atoms with E-state index >= 15 is 0 Å². The van der Waals surface area contributed by atoms with E-state index in [4.69, 9.17) is 0 Å². The van der Waals surface area contributed by atoms with Crippen molar-refractivity contribution >= 4 is 17.8 Å². The molecule has 2 fully saturated rings. The van der Waals surface area contributed by atoms with Gasteiger partial charge >= 0.3 is 6.03 Å². The van der Waals surface area contributed by atoms with E-state index in [0.29, 0.717) is 19.5 Å². The van der Waals surface area contributed by atoms with E-state index in [-0.39, 0.29) is 30.9 Å². The zero-order chi connectivity index (χ0) is 25.8. The number of likely N-dealkylation sites (N-methyl/N-ethyl adjacent to an activating group) is 1. The summed E-state index contributed by atoms with van der Waals surface area (Å²) in [5, 5.41) is 6.27. The molecule has 8 heteroatoms. The molecule has 0 spiro atoms. The number of carbonyl (C=O) groups is 3. The molecule has 2 aromatic carbocycles. The van der Waals surface area contributed by atoms with Crippen LogP contribution < -0.4 is 5.32 Å². The largest absolute Gasteiger partial charge is 0.334 e. The zero-order valence-corrected chi connectivity index (χ0v) is 21.1. The number of amides is 4. The van der Waals surface area contributed by atoms with Crippen LogP contribution in [0.5, 0.6) is 0 Å². The Balaban J connectivity index is 1.43. The number of rotatable bonds is 6. The minimum atomic E-state index is -0.665. The van der Waals surface area contributed by atoms with Gasteiger partial charge in [0.05, 0.1) is 13.1 Å². The quantitative estimate of drug-likeness (QED) is 0.662. The first-order chi connectivity index (χ1) is 18.0. The van der Waals surface area contributed by atoms with E-state index in [1.165, 1.54) is 0 Å². The summed E-state index contributed by atoms with van der Waals surface area (Å²) in [7, 11) is 1.75. The fourth-order valence-electron chi connectivity index (χ4n) is 5.35. The third-order valence-corrected chi connectivity index (χ3v) is 7.15. The molecule has 2 saturated heterocycles. The third-order valence-electron chi connectivity index (χ3n) is 7.15. The maximum absolute atomic E-state index is 13.8. The van der Waals surface area contributed by atoms with Gasteiger partial charge in [-0.2, -0.15) is 0 Å². The molecule has 37 heavy (non-hydrogen) atoms. The lowest BCUT2D eigenvalue weighted by molar-refractivity contribution is -0.187. The zero-order valence-electron chi connectivity index (χ0n) is 21.1. The summed E-state index contributed by atoms with van der Waals surface area (Å²) in [6.45, 7) is 1.08. The summed E-state index contributed by atoms with van der Waals surface area (Å²) in [6, 6.07) is 18.6. The second kappa shape index (κ2) is 11.0. The van der Waals surface area contributed by atoms with Crippen molar-refractivity contribution < 1.29 is 14.4 Å². The van der Waals surface area contributed by atoms with E-state index in [2.05, 4.69) is 17.5 Å². The van der Waals surface area contributed by atoms with Crippen LogP contribution in [0.15, 0.2) is 84.5 Å². The second-order valence-corrected chi connectivity index (χ2v) is 9.77. The molecule has 2 heterocycles. The topological polar surface area (TPSA) is 76.2 Å². The second-order valence-electron chi connectivity index (χ2n) is 9.77. The number of nitrogens with one attached hydrogen (secondary N) is 1. The van der Waals surface area contributed by atoms with Crippen molar-refractivity contribution in [3.63, 3.8) is 0 Å². The fourth-order valence-corrected chi connectivity index (χ4v) is 5.35. The molecule has 1 aliphatic carbocycles. The van der Waals surface area contributed by atoms with Gasteiger partial charge in [0, 0.05) is 26.6 Å². The van der Waals surface area contributed by atoms with Crippen LogP contribution in [0.25, 0.3) is 0 Å². The van der Waals surface area contributed by atoms with Crippen LogP contribution >= 0.6 is 0 Å². The van der Waals surface area contributed by atoms with E-state index in [1.807, 2.05) is 66.7 Å². The highest BCUT2D eigenvalue weighted by atomic mass is 16.2. The van der Waals surface area contributed by atoms with Crippen LogP contribution in [0, 0.1) is 0 Å². The lowest BCUT2D eigenvalue weighted by atomic mass is 9.95. The van der Waals surface area contributed by atoms with Gasteiger partial charge in [-0.05, 0) is 29.5 Å². The fraction of sp³-hybridized carbons (Fsp3) is 0.345. The highest BCUT2D eigenvalue weighted by molar-refractivity contribution is 5.91. The predicted octanol–water partition coefficient (Wildman–Crippen LogP) is 3.29. The minimum Gasteiger partial charge on any atom is -0.333 e. The summed E-state index contributed by atoms with van der Waals surface area (Å²) < 4.78 is 0. The maximum Gasteiger partial charge on any atom is 0.334 e. The average molecular weight is 500 g/mol. The van der Waals surface area contributed by atoms with E-state index in [9.17, 15) is 14.4 Å². The number of hydrazine groups is 1. The molecule has 1 N–H and O–H groups in total. The first-order valence-corrected chi connectivity index (χ1v) is 12.8. The molecular formula is C29H33N5O3. The van der Waals surface area contributed by atoms with Crippen LogP contribution in [-0.4, -0.2) is 70.0 Å². The number of hydrogen-bond acceptors (Lipinski definition) is 4. The van der Waals surface area contributed by atoms with Crippen LogP contribution in [-0.2, 0) is 22.7 Å².